The van der Waals surface area contributed by atoms with Crippen LogP contribution in [0.25, 0.3) is 0 Å². The first-order valence-corrected chi connectivity index (χ1v) is 6.18. The van der Waals surface area contributed by atoms with Gasteiger partial charge in [0.2, 0.25) is 0 Å². The van der Waals surface area contributed by atoms with Crippen LogP contribution in [-0.4, -0.2) is 17.4 Å². The molecule has 0 aliphatic rings. The van der Waals surface area contributed by atoms with E-state index in [-0.39, 0.29) is 17.1 Å². The second-order valence-electron chi connectivity index (χ2n) is 4.11. The smallest absolute Gasteiger partial charge is 0.258 e. The van der Waals surface area contributed by atoms with Crippen LogP contribution in [-0.2, 0) is 0 Å². The van der Waals surface area contributed by atoms with Gasteiger partial charge in [-0.15, -0.1) is 0 Å². The molecule has 21 heavy (non-hydrogen) atoms. The van der Waals surface area contributed by atoms with Crippen LogP contribution in [0, 0.1) is 17.5 Å². The fraction of sp³-hybridized carbons (Fsp3) is 0.143. The van der Waals surface area contributed by atoms with Gasteiger partial charge in [-0.25, -0.2) is 18.2 Å². The molecule has 110 valence electrons. The third-order valence-corrected chi connectivity index (χ3v) is 2.68. The van der Waals surface area contributed by atoms with Crippen molar-refractivity contribution in [3.8, 4) is 0 Å². The van der Waals surface area contributed by atoms with E-state index in [1.165, 1.54) is 18.3 Å². The van der Waals surface area contributed by atoms with Gasteiger partial charge in [0.15, 0.2) is 23.3 Å². The second kappa shape index (κ2) is 6.25. The molecule has 2 N–H and O–H groups in total. The van der Waals surface area contributed by atoms with Crippen LogP contribution in [0.3, 0.4) is 0 Å². The quantitative estimate of drug-likeness (QED) is 0.911. The van der Waals surface area contributed by atoms with Gasteiger partial charge in [0.05, 0.1) is 11.3 Å². The molecule has 2 aromatic rings. The third kappa shape index (κ3) is 3.13. The van der Waals surface area contributed by atoms with Gasteiger partial charge in [-0.3, -0.25) is 4.79 Å². The van der Waals surface area contributed by atoms with Gasteiger partial charge in [-0.1, -0.05) is 6.07 Å². The molecule has 0 fully saturated rings. The monoisotopic (exact) mass is 295 g/mol. The van der Waals surface area contributed by atoms with Crippen LogP contribution in [0.5, 0.6) is 0 Å². The molecule has 1 heterocycles. The van der Waals surface area contributed by atoms with Crippen molar-refractivity contribution >= 4 is 17.4 Å². The fourth-order valence-electron chi connectivity index (χ4n) is 1.70. The predicted molar refractivity (Wildman–Crippen MR) is 72.7 cm³/mol. The molecule has 0 atom stereocenters. The molecule has 0 saturated heterocycles. The lowest BCUT2D eigenvalue weighted by molar-refractivity contribution is 0.102. The maximum Gasteiger partial charge on any atom is 0.258 e. The van der Waals surface area contributed by atoms with E-state index >= 15 is 0 Å². The van der Waals surface area contributed by atoms with Gasteiger partial charge in [-0.05, 0) is 25.1 Å². The summed E-state index contributed by atoms with van der Waals surface area (Å²) in [4.78, 5) is 15.7. The normalized spacial score (nSPS) is 10.3. The van der Waals surface area contributed by atoms with E-state index in [9.17, 15) is 18.0 Å². The number of carbonyl (C=O) groups excluding carboxylic acids is 1. The average molecular weight is 295 g/mol. The summed E-state index contributed by atoms with van der Waals surface area (Å²) in [7, 11) is 0. The lowest BCUT2D eigenvalue weighted by atomic mass is 10.2. The number of carbonyl (C=O) groups is 1. The van der Waals surface area contributed by atoms with Crippen molar-refractivity contribution in [1.82, 2.24) is 4.98 Å². The summed E-state index contributed by atoms with van der Waals surface area (Å²) < 4.78 is 40.6. The topological polar surface area (TPSA) is 54.0 Å². The van der Waals surface area contributed by atoms with E-state index in [1.807, 2.05) is 0 Å². The zero-order chi connectivity index (χ0) is 15.4. The Kier molecular flexibility index (Phi) is 4.42. The largest absolute Gasteiger partial charge is 0.368 e. The highest BCUT2D eigenvalue weighted by Crippen LogP contribution is 2.20. The number of pyridine rings is 1. The highest BCUT2D eigenvalue weighted by Gasteiger charge is 2.18. The Morgan fingerprint density at radius 1 is 1.19 bits per heavy atom. The van der Waals surface area contributed by atoms with Crippen molar-refractivity contribution in [2.45, 2.75) is 6.92 Å². The van der Waals surface area contributed by atoms with Crippen LogP contribution in [0.4, 0.5) is 24.7 Å². The second-order valence-corrected chi connectivity index (χ2v) is 4.11. The number of aromatic nitrogens is 1. The molecule has 0 spiro atoms. The molecule has 1 aromatic heterocycles. The van der Waals surface area contributed by atoms with E-state index in [0.717, 1.165) is 12.1 Å². The summed E-state index contributed by atoms with van der Waals surface area (Å²) in [5, 5.41) is 4.78. The van der Waals surface area contributed by atoms with Crippen molar-refractivity contribution in [1.29, 1.82) is 0 Å². The Balaban J connectivity index is 2.29. The molecule has 7 heteroatoms. The Hall–Kier alpha value is -2.57. The van der Waals surface area contributed by atoms with Crippen LogP contribution in [0.2, 0.25) is 0 Å². The molecule has 2 rings (SSSR count). The SMILES string of the molecule is CCNc1nccc(C(=O)Nc2cccc(F)c2F)c1F. The van der Waals surface area contributed by atoms with Gasteiger partial charge in [0.1, 0.15) is 0 Å². The number of rotatable bonds is 4. The van der Waals surface area contributed by atoms with Crippen LogP contribution in [0.15, 0.2) is 30.5 Å². The standard InChI is InChI=1S/C14H12F3N3O/c1-2-18-13-11(16)8(6-7-19-13)14(21)20-10-5-3-4-9(15)12(10)17/h3-7H,2H2,1H3,(H,18,19)(H,20,21). The first kappa shape index (κ1) is 14.8. The van der Waals surface area contributed by atoms with Crippen LogP contribution < -0.4 is 10.6 Å². The number of hydrogen-bond acceptors (Lipinski definition) is 3. The van der Waals surface area contributed by atoms with E-state index in [0.29, 0.717) is 6.54 Å². The van der Waals surface area contributed by atoms with Gasteiger partial charge >= 0.3 is 0 Å². The number of hydrogen-bond donors (Lipinski definition) is 2. The Morgan fingerprint density at radius 3 is 2.67 bits per heavy atom. The number of nitrogens with zero attached hydrogens (tertiary/aromatic N) is 1. The summed E-state index contributed by atoms with van der Waals surface area (Å²) in [6.07, 6.45) is 1.25. The van der Waals surface area contributed by atoms with Crippen molar-refractivity contribution < 1.29 is 18.0 Å². The number of benzene rings is 1. The number of anilines is 2. The van der Waals surface area contributed by atoms with Gasteiger partial charge in [0, 0.05) is 12.7 Å². The molecule has 1 aromatic carbocycles. The Labute approximate surface area is 119 Å². The molecular weight excluding hydrogens is 283 g/mol. The Bertz CT molecular complexity index is 677. The summed E-state index contributed by atoms with van der Waals surface area (Å²) in [5.41, 5.74) is -0.675. The third-order valence-electron chi connectivity index (χ3n) is 2.68. The molecule has 0 unspecified atom stereocenters. The maximum atomic E-state index is 14.0. The van der Waals surface area contributed by atoms with Gasteiger partial charge in [0.25, 0.3) is 5.91 Å². The van der Waals surface area contributed by atoms with E-state index in [4.69, 9.17) is 0 Å². The fourth-order valence-corrected chi connectivity index (χ4v) is 1.70. The molecule has 0 aliphatic carbocycles. The van der Waals surface area contributed by atoms with Crippen molar-refractivity contribution in [3.05, 3.63) is 53.5 Å². The van der Waals surface area contributed by atoms with Crippen molar-refractivity contribution in [2.75, 3.05) is 17.2 Å². The molecule has 1 amide bonds. The highest BCUT2D eigenvalue weighted by molar-refractivity contribution is 6.04. The minimum absolute atomic E-state index is 0.0788. The number of halogens is 3. The predicted octanol–water partition coefficient (Wildman–Crippen LogP) is 3.18. The minimum Gasteiger partial charge on any atom is -0.368 e. The van der Waals surface area contributed by atoms with Gasteiger partial charge < -0.3 is 10.6 Å². The first-order chi connectivity index (χ1) is 10.0. The summed E-state index contributed by atoms with van der Waals surface area (Å²) in [5.74, 6) is -4.12. The summed E-state index contributed by atoms with van der Waals surface area (Å²) >= 11 is 0. The summed E-state index contributed by atoms with van der Waals surface area (Å²) in [6, 6.07) is 4.49. The first-order valence-electron chi connectivity index (χ1n) is 6.18. The summed E-state index contributed by atoms with van der Waals surface area (Å²) in [6.45, 7) is 2.17. The lowest BCUT2D eigenvalue weighted by Gasteiger charge is -2.09. The van der Waals surface area contributed by atoms with E-state index in [1.54, 1.807) is 6.92 Å². The molecule has 0 bridgehead atoms. The Morgan fingerprint density at radius 2 is 1.95 bits per heavy atom. The minimum atomic E-state index is -1.20. The number of nitrogens with one attached hydrogen (secondary N) is 2. The van der Waals surface area contributed by atoms with E-state index in [2.05, 4.69) is 15.6 Å². The highest BCUT2D eigenvalue weighted by atomic mass is 19.2. The average Bonchev–Trinajstić information content (AvgIpc) is 2.46. The number of amides is 1. The van der Waals surface area contributed by atoms with Crippen molar-refractivity contribution in [3.63, 3.8) is 0 Å². The van der Waals surface area contributed by atoms with E-state index < -0.39 is 23.4 Å². The maximum absolute atomic E-state index is 14.0. The lowest BCUT2D eigenvalue weighted by Crippen LogP contribution is -2.16. The molecular formula is C14H12F3N3O. The van der Waals surface area contributed by atoms with Gasteiger partial charge in [-0.2, -0.15) is 0 Å². The van der Waals surface area contributed by atoms with Crippen LogP contribution in [0.1, 0.15) is 17.3 Å². The molecule has 4 nitrogen and oxygen atoms in total. The van der Waals surface area contributed by atoms with Crippen molar-refractivity contribution in [2.24, 2.45) is 0 Å². The zero-order valence-electron chi connectivity index (χ0n) is 11.1. The molecule has 0 saturated carbocycles. The molecule has 0 aliphatic heterocycles. The zero-order valence-corrected chi connectivity index (χ0v) is 11.1. The van der Waals surface area contributed by atoms with Crippen LogP contribution >= 0.6 is 0 Å². The molecule has 0 radical (unpaired) electrons.